The molecule has 6 aromatic carbocycles. The van der Waals surface area contributed by atoms with E-state index >= 15 is 0 Å². The fourth-order valence-electron chi connectivity index (χ4n) is 8.55. The highest BCUT2D eigenvalue weighted by atomic mass is 15.1. The summed E-state index contributed by atoms with van der Waals surface area (Å²) in [6.07, 6.45) is 3.34. The molecule has 0 spiro atoms. The van der Waals surface area contributed by atoms with Gasteiger partial charge in [-0.05, 0) is 65.1 Å². The van der Waals surface area contributed by atoms with Gasteiger partial charge in [0.1, 0.15) is 5.82 Å². The molecule has 2 aromatic heterocycles. The lowest BCUT2D eigenvalue weighted by Gasteiger charge is -2.44. The number of aromatic nitrogens is 3. The number of fused-ring (bicyclic) bond motifs is 6. The van der Waals surface area contributed by atoms with Crippen LogP contribution >= 0.6 is 0 Å². The molecule has 1 atom stereocenters. The van der Waals surface area contributed by atoms with Gasteiger partial charge >= 0.3 is 0 Å². The van der Waals surface area contributed by atoms with E-state index < -0.39 is 5.41 Å². The Kier molecular flexibility index (Phi) is 5.62. The van der Waals surface area contributed by atoms with E-state index in [-0.39, 0.29) is 5.92 Å². The third-order valence-corrected chi connectivity index (χ3v) is 10.3. The van der Waals surface area contributed by atoms with Crippen LogP contribution in [-0.2, 0) is 5.41 Å². The summed E-state index contributed by atoms with van der Waals surface area (Å²) in [4.78, 5) is 5.41. The van der Waals surface area contributed by atoms with Crippen LogP contribution in [0, 0.1) is 0 Å². The summed E-state index contributed by atoms with van der Waals surface area (Å²) in [6, 6.07) is 59.5. The standard InChI is InChI=1S/C44H31N3/c1-4-16-31(17-5-1)44(32-18-6-2-7-19-32)36-23-11-14-26-40(36)47-39-25-13-10-22-34(39)35-28-30(29-37(44)42(35)47)43-45-38-24-12-15-27-41(38)46(43)33-20-8-3-9-21-33/h1-28,30H,29H2. The average molecular weight is 602 g/mol. The van der Waals surface area contributed by atoms with Gasteiger partial charge in [-0.2, -0.15) is 0 Å². The second kappa shape index (κ2) is 10.0. The first-order valence-corrected chi connectivity index (χ1v) is 16.4. The Balaban J connectivity index is 1.38. The summed E-state index contributed by atoms with van der Waals surface area (Å²) < 4.78 is 4.91. The number of imidazole rings is 1. The van der Waals surface area contributed by atoms with Crippen molar-refractivity contribution >= 4 is 33.6 Å². The van der Waals surface area contributed by atoms with Crippen molar-refractivity contribution in [2.75, 3.05) is 0 Å². The van der Waals surface area contributed by atoms with Gasteiger partial charge in [0.25, 0.3) is 0 Å². The first-order valence-electron chi connectivity index (χ1n) is 16.4. The van der Waals surface area contributed by atoms with E-state index in [9.17, 15) is 0 Å². The summed E-state index contributed by atoms with van der Waals surface area (Å²) in [7, 11) is 0. The van der Waals surface area contributed by atoms with Crippen LogP contribution in [0.25, 0.3) is 45.0 Å². The summed E-state index contributed by atoms with van der Waals surface area (Å²) >= 11 is 0. The molecule has 1 unspecified atom stereocenters. The molecule has 3 nitrogen and oxygen atoms in total. The first kappa shape index (κ1) is 26.3. The van der Waals surface area contributed by atoms with Crippen LogP contribution in [0.15, 0.2) is 164 Å². The smallest absolute Gasteiger partial charge is 0.121 e. The molecule has 0 saturated carbocycles. The Bertz CT molecular complexity index is 2550. The van der Waals surface area contributed by atoms with E-state index in [2.05, 4.69) is 179 Å². The molecular formula is C44H31N3. The van der Waals surface area contributed by atoms with Crippen LogP contribution < -0.4 is 10.6 Å². The maximum Gasteiger partial charge on any atom is 0.121 e. The predicted molar refractivity (Wildman–Crippen MR) is 192 cm³/mol. The first-order chi connectivity index (χ1) is 23.3. The molecule has 1 aliphatic heterocycles. The Morgan fingerprint density at radius 1 is 0.553 bits per heavy atom. The van der Waals surface area contributed by atoms with Gasteiger partial charge < -0.3 is 4.57 Å². The van der Waals surface area contributed by atoms with Crippen molar-refractivity contribution in [2.45, 2.75) is 17.8 Å². The number of benzene rings is 6. The van der Waals surface area contributed by atoms with Crippen LogP contribution in [0.5, 0.6) is 0 Å². The third kappa shape index (κ3) is 3.60. The quantitative estimate of drug-likeness (QED) is 0.199. The second-order valence-electron chi connectivity index (χ2n) is 12.7. The molecule has 0 bridgehead atoms. The van der Waals surface area contributed by atoms with E-state index in [1.807, 2.05) is 0 Å². The van der Waals surface area contributed by atoms with E-state index in [1.165, 1.54) is 49.4 Å². The minimum Gasteiger partial charge on any atom is -0.309 e. The number of para-hydroxylation sites is 5. The predicted octanol–water partition coefficient (Wildman–Crippen LogP) is 8.44. The Morgan fingerprint density at radius 3 is 1.89 bits per heavy atom. The molecule has 47 heavy (non-hydrogen) atoms. The highest BCUT2D eigenvalue weighted by Crippen LogP contribution is 2.53. The Labute approximate surface area is 273 Å². The largest absolute Gasteiger partial charge is 0.309 e. The highest BCUT2D eigenvalue weighted by Gasteiger charge is 2.47. The zero-order valence-corrected chi connectivity index (χ0v) is 25.8. The van der Waals surface area contributed by atoms with E-state index in [0.29, 0.717) is 0 Å². The zero-order chi connectivity index (χ0) is 31.0. The number of nitrogens with zero attached hydrogens (tertiary/aromatic N) is 3. The molecule has 10 rings (SSSR count). The van der Waals surface area contributed by atoms with Crippen molar-refractivity contribution < 1.29 is 0 Å². The minimum absolute atomic E-state index is 0.0430. The van der Waals surface area contributed by atoms with Crippen LogP contribution in [0.4, 0.5) is 0 Å². The minimum atomic E-state index is -0.492. The molecule has 222 valence electrons. The van der Waals surface area contributed by atoms with Gasteiger partial charge in [-0.1, -0.05) is 133 Å². The van der Waals surface area contributed by atoms with Crippen molar-refractivity contribution in [3.63, 3.8) is 0 Å². The Morgan fingerprint density at radius 2 is 1.15 bits per heavy atom. The second-order valence-corrected chi connectivity index (χ2v) is 12.7. The lowest BCUT2D eigenvalue weighted by atomic mass is 9.60. The maximum atomic E-state index is 5.41. The van der Waals surface area contributed by atoms with Gasteiger partial charge in [0, 0.05) is 22.2 Å². The highest BCUT2D eigenvalue weighted by molar-refractivity contribution is 5.91. The van der Waals surface area contributed by atoms with Gasteiger partial charge in [-0.25, -0.2) is 4.98 Å². The van der Waals surface area contributed by atoms with Crippen LogP contribution in [0.1, 0.15) is 34.9 Å². The van der Waals surface area contributed by atoms with Crippen molar-refractivity contribution in [3.05, 3.63) is 197 Å². The number of hydrogen-bond donors (Lipinski definition) is 0. The molecule has 0 saturated heterocycles. The van der Waals surface area contributed by atoms with E-state index in [0.717, 1.165) is 29.0 Å². The van der Waals surface area contributed by atoms with Crippen molar-refractivity contribution in [3.8, 4) is 11.4 Å². The van der Waals surface area contributed by atoms with Gasteiger partial charge in [0.2, 0.25) is 0 Å². The lowest BCUT2D eigenvalue weighted by Crippen LogP contribution is -2.47. The molecular weight excluding hydrogens is 571 g/mol. The number of hydrogen-bond acceptors (Lipinski definition) is 1. The SMILES string of the molecule is C1=c2c3n(c4ccccc24)-c2ccccc2C(c2ccccc2)(c2ccccc2)C=3CC1c1nc2ccccc2n1-c1ccccc1. The van der Waals surface area contributed by atoms with Crippen LogP contribution in [0.2, 0.25) is 0 Å². The van der Waals surface area contributed by atoms with Crippen LogP contribution in [0.3, 0.4) is 0 Å². The molecule has 2 aliphatic rings. The number of rotatable bonds is 4. The van der Waals surface area contributed by atoms with Gasteiger partial charge in [-0.15, -0.1) is 0 Å². The zero-order valence-electron chi connectivity index (χ0n) is 25.8. The molecule has 3 heterocycles. The molecule has 8 aromatic rings. The summed E-state index contributed by atoms with van der Waals surface area (Å²) in [5.41, 5.74) is 10.6. The summed E-state index contributed by atoms with van der Waals surface area (Å²) in [5, 5.41) is 3.89. The normalized spacial score (nSPS) is 16.1. The van der Waals surface area contributed by atoms with Crippen molar-refractivity contribution in [2.24, 2.45) is 0 Å². The molecule has 0 amide bonds. The van der Waals surface area contributed by atoms with Crippen molar-refractivity contribution in [1.29, 1.82) is 0 Å². The summed E-state index contributed by atoms with van der Waals surface area (Å²) in [6.45, 7) is 0. The van der Waals surface area contributed by atoms with Crippen LogP contribution in [-0.4, -0.2) is 14.1 Å². The van der Waals surface area contributed by atoms with Gasteiger partial charge in [0.05, 0.1) is 33.0 Å². The van der Waals surface area contributed by atoms with Crippen molar-refractivity contribution in [1.82, 2.24) is 14.1 Å². The third-order valence-electron chi connectivity index (χ3n) is 10.3. The molecule has 0 fully saturated rings. The molecule has 1 aliphatic carbocycles. The van der Waals surface area contributed by atoms with Gasteiger partial charge in [0.15, 0.2) is 0 Å². The van der Waals surface area contributed by atoms with E-state index in [4.69, 9.17) is 4.98 Å². The monoisotopic (exact) mass is 601 g/mol. The fourth-order valence-corrected chi connectivity index (χ4v) is 8.55. The molecule has 3 heteroatoms. The lowest BCUT2D eigenvalue weighted by molar-refractivity contribution is 0.681. The van der Waals surface area contributed by atoms with E-state index in [1.54, 1.807) is 0 Å². The van der Waals surface area contributed by atoms with Gasteiger partial charge in [-0.3, -0.25) is 4.57 Å². The molecule has 0 N–H and O–H groups in total. The maximum absolute atomic E-state index is 5.41. The summed E-state index contributed by atoms with van der Waals surface area (Å²) in [5.74, 6) is 1.11. The topological polar surface area (TPSA) is 22.8 Å². The molecule has 0 radical (unpaired) electrons. The average Bonchev–Trinajstić information content (AvgIpc) is 3.70. The fraction of sp³-hybridized carbons (Fsp3) is 0.0682. The Hall–Kier alpha value is -5.93.